The van der Waals surface area contributed by atoms with E-state index in [1.807, 2.05) is 0 Å². The van der Waals surface area contributed by atoms with Gasteiger partial charge in [0.25, 0.3) is 0 Å². The van der Waals surface area contributed by atoms with E-state index in [0.29, 0.717) is 17.4 Å². The van der Waals surface area contributed by atoms with E-state index in [-0.39, 0.29) is 0 Å². The number of aromatic nitrogens is 2. The standard InChI is InChI=1S/C5H4ClN3O/c6-4-1-5(9-3-10)8-2-7-4/h1-3H,(H,7,8,9,10). The summed E-state index contributed by atoms with van der Waals surface area (Å²) in [7, 11) is 0. The molecule has 1 aromatic rings. The first-order valence-electron chi connectivity index (χ1n) is 2.50. The Morgan fingerprint density at radius 2 is 2.40 bits per heavy atom. The molecule has 0 unspecified atom stereocenters. The van der Waals surface area contributed by atoms with Crippen LogP contribution in [-0.2, 0) is 4.79 Å². The number of rotatable bonds is 2. The summed E-state index contributed by atoms with van der Waals surface area (Å²) < 4.78 is 0. The molecule has 0 fully saturated rings. The minimum absolute atomic E-state index is 0.305. The van der Waals surface area contributed by atoms with Gasteiger partial charge in [0.15, 0.2) is 0 Å². The van der Waals surface area contributed by atoms with Gasteiger partial charge in [-0.2, -0.15) is 0 Å². The normalized spacial score (nSPS) is 8.90. The summed E-state index contributed by atoms with van der Waals surface area (Å²) in [5, 5.41) is 2.64. The predicted octanol–water partition coefficient (Wildman–Crippen LogP) is 0.698. The van der Waals surface area contributed by atoms with Gasteiger partial charge in [-0.3, -0.25) is 4.79 Å². The van der Waals surface area contributed by atoms with E-state index >= 15 is 0 Å². The molecule has 52 valence electrons. The van der Waals surface area contributed by atoms with Crippen molar-refractivity contribution < 1.29 is 4.79 Å². The van der Waals surface area contributed by atoms with E-state index in [4.69, 9.17) is 11.6 Å². The number of carbonyl (C=O) groups is 1. The maximum absolute atomic E-state index is 9.87. The first kappa shape index (κ1) is 6.95. The highest BCUT2D eigenvalue weighted by molar-refractivity contribution is 6.29. The Kier molecular flexibility index (Phi) is 2.17. The first-order valence-corrected chi connectivity index (χ1v) is 2.88. The third-order valence-corrected chi connectivity index (χ3v) is 1.05. The van der Waals surface area contributed by atoms with Gasteiger partial charge in [0.1, 0.15) is 17.3 Å². The third kappa shape index (κ3) is 1.66. The van der Waals surface area contributed by atoms with Crippen molar-refractivity contribution in [2.24, 2.45) is 0 Å². The lowest BCUT2D eigenvalue weighted by Gasteiger charge is -1.94. The smallest absolute Gasteiger partial charge is 0.212 e. The summed E-state index contributed by atoms with van der Waals surface area (Å²) in [5.74, 6) is 0.398. The molecule has 5 heteroatoms. The largest absolute Gasteiger partial charge is 0.313 e. The molecule has 0 spiro atoms. The van der Waals surface area contributed by atoms with Crippen molar-refractivity contribution in [3.63, 3.8) is 0 Å². The molecule has 1 heterocycles. The minimum Gasteiger partial charge on any atom is -0.313 e. The maximum Gasteiger partial charge on any atom is 0.212 e. The van der Waals surface area contributed by atoms with E-state index in [1.54, 1.807) is 0 Å². The molecule has 0 aromatic carbocycles. The van der Waals surface area contributed by atoms with Crippen molar-refractivity contribution in [2.45, 2.75) is 0 Å². The van der Waals surface area contributed by atoms with Gasteiger partial charge >= 0.3 is 0 Å². The molecule has 1 N–H and O–H groups in total. The van der Waals surface area contributed by atoms with E-state index in [0.717, 1.165) is 0 Å². The molecule has 0 aliphatic heterocycles. The summed E-state index contributed by atoms with van der Waals surface area (Å²) in [6.07, 6.45) is 1.80. The summed E-state index contributed by atoms with van der Waals surface area (Å²) >= 11 is 5.47. The van der Waals surface area contributed by atoms with Crippen LogP contribution in [-0.4, -0.2) is 16.4 Å². The molecule has 0 aliphatic carbocycles. The number of halogens is 1. The van der Waals surface area contributed by atoms with Gasteiger partial charge in [0.2, 0.25) is 6.41 Å². The Hall–Kier alpha value is -1.16. The SMILES string of the molecule is O=CNc1cc(Cl)ncn1. The van der Waals surface area contributed by atoms with Crippen LogP contribution in [0.1, 0.15) is 0 Å². The second-order valence-electron chi connectivity index (χ2n) is 1.49. The molecule has 10 heavy (non-hydrogen) atoms. The van der Waals surface area contributed by atoms with Crippen molar-refractivity contribution in [3.8, 4) is 0 Å². The zero-order valence-electron chi connectivity index (χ0n) is 4.91. The van der Waals surface area contributed by atoms with Crippen molar-refractivity contribution in [3.05, 3.63) is 17.5 Å². The van der Waals surface area contributed by atoms with Gasteiger partial charge in [-0.1, -0.05) is 11.6 Å². The quantitative estimate of drug-likeness (QED) is 0.508. The maximum atomic E-state index is 9.87. The Labute approximate surface area is 62.3 Å². The van der Waals surface area contributed by atoms with Gasteiger partial charge < -0.3 is 5.32 Å². The van der Waals surface area contributed by atoms with Crippen LogP contribution in [0.25, 0.3) is 0 Å². The molecule has 0 aliphatic rings. The monoisotopic (exact) mass is 157 g/mol. The van der Waals surface area contributed by atoms with Crippen molar-refractivity contribution >= 4 is 23.8 Å². The molecular weight excluding hydrogens is 154 g/mol. The molecule has 0 saturated carbocycles. The van der Waals surface area contributed by atoms with Crippen molar-refractivity contribution in [1.82, 2.24) is 9.97 Å². The van der Waals surface area contributed by atoms with Crippen LogP contribution in [0.3, 0.4) is 0 Å². The second-order valence-corrected chi connectivity index (χ2v) is 1.88. The molecule has 0 radical (unpaired) electrons. The minimum atomic E-state index is 0.305. The Bertz CT molecular complexity index is 240. The number of nitrogens with one attached hydrogen (secondary N) is 1. The van der Waals surface area contributed by atoms with Gasteiger partial charge in [-0.05, 0) is 0 Å². The average Bonchev–Trinajstić information content (AvgIpc) is 1.88. The number of nitrogens with zero attached hydrogens (tertiary/aromatic N) is 2. The van der Waals surface area contributed by atoms with Crippen molar-refractivity contribution in [1.29, 1.82) is 0 Å². The Balaban J connectivity index is 2.84. The lowest BCUT2D eigenvalue weighted by molar-refractivity contribution is -0.105. The number of carbonyl (C=O) groups excluding carboxylic acids is 1. The molecule has 1 rings (SSSR count). The second kappa shape index (κ2) is 3.12. The highest BCUT2D eigenvalue weighted by Gasteiger charge is 1.91. The van der Waals surface area contributed by atoms with Crippen LogP contribution in [0.5, 0.6) is 0 Å². The summed E-state index contributed by atoms with van der Waals surface area (Å²) in [4.78, 5) is 17.2. The predicted molar refractivity (Wildman–Crippen MR) is 36.7 cm³/mol. The molecule has 0 atom stereocenters. The lowest BCUT2D eigenvalue weighted by Crippen LogP contribution is -1.96. The van der Waals surface area contributed by atoms with E-state index in [1.165, 1.54) is 12.4 Å². The molecule has 4 nitrogen and oxygen atoms in total. The van der Waals surface area contributed by atoms with E-state index in [9.17, 15) is 4.79 Å². The van der Waals surface area contributed by atoms with Crippen LogP contribution >= 0.6 is 11.6 Å². The lowest BCUT2D eigenvalue weighted by atomic mass is 10.6. The van der Waals surface area contributed by atoms with Gasteiger partial charge in [-0.25, -0.2) is 9.97 Å². The molecule has 1 aromatic heterocycles. The third-order valence-electron chi connectivity index (χ3n) is 0.841. The average molecular weight is 158 g/mol. The van der Waals surface area contributed by atoms with Crippen LogP contribution in [0.2, 0.25) is 5.15 Å². The first-order chi connectivity index (χ1) is 4.83. The van der Waals surface area contributed by atoms with Crippen LogP contribution in [0, 0.1) is 0 Å². The highest BCUT2D eigenvalue weighted by Crippen LogP contribution is 2.06. The van der Waals surface area contributed by atoms with Gasteiger partial charge in [0.05, 0.1) is 0 Å². The Morgan fingerprint density at radius 1 is 1.60 bits per heavy atom. The summed E-state index contributed by atoms with van der Waals surface area (Å²) in [6.45, 7) is 0. The number of anilines is 1. The molecule has 1 amide bonds. The van der Waals surface area contributed by atoms with Crippen LogP contribution in [0.4, 0.5) is 5.82 Å². The zero-order chi connectivity index (χ0) is 7.40. The van der Waals surface area contributed by atoms with Crippen LogP contribution < -0.4 is 5.32 Å². The van der Waals surface area contributed by atoms with E-state index < -0.39 is 0 Å². The van der Waals surface area contributed by atoms with Crippen molar-refractivity contribution in [2.75, 3.05) is 5.32 Å². The molecule has 0 saturated heterocycles. The number of hydrogen-bond acceptors (Lipinski definition) is 3. The number of amides is 1. The fourth-order valence-electron chi connectivity index (χ4n) is 0.473. The molecule has 0 bridgehead atoms. The van der Waals surface area contributed by atoms with E-state index in [2.05, 4.69) is 15.3 Å². The van der Waals surface area contributed by atoms with Gasteiger partial charge in [0, 0.05) is 6.07 Å². The topological polar surface area (TPSA) is 54.9 Å². The highest BCUT2D eigenvalue weighted by atomic mass is 35.5. The van der Waals surface area contributed by atoms with Crippen LogP contribution in [0.15, 0.2) is 12.4 Å². The summed E-state index contributed by atoms with van der Waals surface area (Å²) in [6, 6.07) is 1.45. The zero-order valence-corrected chi connectivity index (χ0v) is 5.67. The summed E-state index contributed by atoms with van der Waals surface area (Å²) in [5.41, 5.74) is 0. The Morgan fingerprint density at radius 3 is 3.00 bits per heavy atom. The fourth-order valence-corrected chi connectivity index (χ4v) is 0.620. The molecular formula is C5H4ClN3O. The fraction of sp³-hybridized carbons (Fsp3) is 0. The van der Waals surface area contributed by atoms with Gasteiger partial charge in [-0.15, -0.1) is 0 Å². The number of hydrogen-bond donors (Lipinski definition) is 1.